The third-order valence-electron chi connectivity index (χ3n) is 13.8. The van der Waals surface area contributed by atoms with Gasteiger partial charge in [0.1, 0.15) is 48.8 Å². The molecule has 458 valence electrons. The molecule has 14 heteroatoms. The zero-order chi connectivity index (χ0) is 58.8. The third-order valence-corrected chi connectivity index (χ3v) is 13.8. The van der Waals surface area contributed by atoms with Gasteiger partial charge in [-0.05, 0) is 103 Å². The SMILES string of the molecule is CC/C=C\C/C=C\C/C=C\C/C=C\C/C=C\C/C=C\C/C=C\C/C=C\C/C=C\C/C=C\C/C=C\C/C=C\CCCCC(=O)NC(COC1OC(CO)C(OC2OC(CO)C(O)C(O)C2O)C(O)C1O)C(O)CCCCCCCCCC. The fourth-order valence-electron chi connectivity index (χ4n) is 8.92. The second-order valence-electron chi connectivity index (χ2n) is 20.7. The summed E-state index contributed by atoms with van der Waals surface area (Å²) in [6, 6.07) is -0.860. The predicted molar refractivity (Wildman–Crippen MR) is 327 cm³/mol. The van der Waals surface area contributed by atoms with E-state index in [1.165, 1.54) is 25.7 Å². The van der Waals surface area contributed by atoms with Crippen LogP contribution >= 0.6 is 0 Å². The zero-order valence-electron chi connectivity index (χ0n) is 49.2. The van der Waals surface area contributed by atoms with Crippen molar-refractivity contribution in [1.29, 1.82) is 0 Å². The van der Waals surface area contributed by atoms with Gasteiger partial charge in [-0.25, -0.2) is 0 Å². The molecule has 2 fully saturated rings. The lowest BCUT2D eigenvalue weighted by atomic mass is 9.97. The van der Waals surface area contributed by atoms with E-state index in [1.54, 1.807) is 0 Å². The minimum atomic E-state index is -1.79. The Labute approximate surface area is 487 Å². The summed E-state index contributed by atoms with van der Waals surface area (Å²) in [4.78, 5) is 13.2. The van der Waals surface area contributed by atoms with Gasteiger partial charge in [0.05, 0.1) is 32.0 Å². The van der Waals surface area contributed by atoms with E-state index >= 15 is 0 Å². The molecule has 0 radical (unpaired) electrons. The summed E-state index contributed by atoms with van der Waals surface area (Å²) < 4.78 is 22.7. The Kier molecular flexibility index (Phi) is 45.4. The van der Waals surface area contributed by atoms with E-state index in [-0.39, 0.29) is 18.9 Å². The van der Waals surface area contributed by atoms with Gasteiger partial charge < -0.3 is 65.1 Å². The molecule has 81 heavy (non-hydrogen) atoms. The maximum atomic E-state index is 13.2. The molecule has 0 spiro atoms. The van der Waals surface area contributed by atoms with E-state index in [9.17, 15) is 45.6 Å². The molecule has 2 rings (SSSR count). The van der Waals surface area contributed by atoms with Crippen molar-refractivity contribution >= 4 is 5.91 Å². The number of nitrogens with one attached hydrogen (secondary N) is 1. The maximum absolute atomic E-state index is 13.2. The number of hydrogen-bond acceptors (Lipinski definition) is 13. The average Bonchev–Trinajstić information content (AvgIpc) is 3.51. The Hall–Kier alpha value is -4.13. The fraction of sp³-hybridized carbons (Fsp3) is 0.627. The molecule has 2 aliphatic rings. The quantitative estimate of drug-likeness (QED) is 0.0204. The molecular weight excluding hydrogens is 1030 g/mol. The fourth-order valence-corrected chi connectivity index (χ4v) is 8.92. The number of ether oxygens (including phenoxy) is 4. The van der Waals surface area contributed by atoms with Crippen LogP contribution in [0.4, 0.5) is 0 Å². The molecule has 2 heterocycles. The summed E-state index contributed by atoms with van der Waals surface area (Å²) in [5.41, 5.74) is 0. The molecule has 0 aromatic carbocycles. The molecule has 1 amide bonds. The monoisotopic (exact) mass is 1130 g/mol. The molecule has 0 aliphatic carbocycles. The Morgan fingerprint density at radius 2 is 0.852 bits per heavy atom. The van der Waals surface area contributed by atoms with Gasteiger partial charge in [0.15, 0.2) is 12.6 Å². The van der Waals surface area contributed by atoms with Crippen molar-refractivity contribution < 1.29 is 64.6 Å². The Morgan fingerprint density at radius 1 is 0.457 bits per heavy atom. The molecule has 0 aromatic heterocycles. The summed E-state index contributed by atoms with van der Waals surface area (Å²) in [6.45, 7) is 2.64. The highest BCUT2D eigenvalue weighted by molar-refractivity contribution is 5.76. The number of hydrogen-bond donors (Lipinski definition) is 9. The lowest BCUT2D eigenvalue weighted by molar-refractivity contribution is -0.359. The van der Waals surface area contributed by atoms with E-state index in [2.05, 4.69) is 165 Å². The largest absolute Gasteiger partial charge is 0.394 e. The van der Waals surface area contributed by atoms with Crippen LogP contribution in [-0.4, -0.2) is 140 Å². The number of allylic oxidation sites excluding steroid dienone is 24. The molecule has 12 atom stereocenters. The number of aliphatic hydroxyl groups is 8. The number of rotatable bonds is 46. The Bertz CT molecular complexity index is 1910. The maximum Gasteiger partial charge on any atom is 0.220 e. The van der Waals surface area contributed by atoms with Crippen LogP contribution in [-0.2, 0) is 23.7 Å². The summed E-state index contributed by atoms with van der Waals surface area (Å²) in [5, 5.41) is 86.8. The first-order chi connectivity index (χ1) is 39.6. The molecule has 0 saturated carbocycles. The topological polar surface area (TPSA) is 228 Å². The van der Waals surface area contributed by atoms with Crippen molar-refractivity contribution in [2.75, 3.05) is 19.8 Å². The van der Waals surface area contributed by atoms with E-state index in [0.29, 0.717) is 12.8 Å². The number of carbonyl (C=O) groups excluding carboxylic acids is 1. The van der Waals surface area contributed by atoms with Crippen molar-refractivity contribution in [3.05, 3.63) is 146 Å². The number of unbranched alkanes of at least 4 members (excludes halogenated alkanes) is 9. The second-order valence-corrected chi connectivity index (χ2v) is 20.7. The van der Waals surface area contributed by atoms with Crippen molar-refractivity contribution in [3.8, 4) is 0 Å². The Balaban J connectivity index is 1.63. The minimum absolute atomic E-state index is 0.238. The molecule has 2 aliphatic heterocycles. The van der Waals surface area contributed by atoms with Gasteiger partial charge in [-0.2, -0.15) is 0 Å². The van der Waals surface area contributed by atoms with Crippen LogP contribution in [0.15, 0.2) is 146 Å². The van der Waals surface area contributed by atoms with Crippen LogP contribution in [0, 0.1) is 0 Å². The Morgan fingerprint density at radius 3 is 1.28 bits per heavy atom. The average molecular weight is 1130 g/mol. The summed E-state index contributed by atoms with van der Waals surface area (Å²) in [5.74, 6) is -0.260. The van der Waals surface area contributed by atoms with Crippen LogP contribution < -0.4 is 5.32 Å². The predicted octanol–water partition coefficient (Wildman–Crippen LogP) is 10.9. The normalized spacial score (nSPS) is 25.2. The van der Waals surface area contributed by atoms with Gasteiger partial charge in [0.25, 0.3) is 0 Å². The molecule has 12 unspecified atom stereocenters. The standard InChI is InChI=1S/C67H107NO13/c1-3-5-7-9-11-13-14-15-16-17-18-19-20-21-22-23-24-25-26-27-28-29-30-31-32-33-34-35-36-37-38-39-40-41-42-43-45-47-49-51-59(72)68-55(56(71)50-48-46-44-12-10-8-6-4-2)54-78-66-64(77)62(75)65(58(53-70)80-66)81-67-63(76)61(74)60(73)57(52-69)79-67/h5,7,11,13,15-16,18-19,21-22,24-25,27-28,30-31,33-34,36-37,39-40,42-43,55-58,60-67,69-71,73-77H,3-4,6,8-10,12,14,17,20,23,26,29,32,35,38,41,44-54H2,1-2H3,(H,68,72)/b7-5-,13-11-,16-15-,19-18-,22-21-,25-24-,28-27-,31-30-,34-33-,37-36-,40-39-,43-42-. The molecule has 0 bridgehead atoms. The summed E-state index contributed by atoms with van der Waals surface area (Å²) in [7, 11) is 0. The summed E-state index contributed by atoms with van der Waals surface area (Å²) >= 11 is 0. The highest BCUT2D eigenvalue weighted by Gasteiger charge is 2.51. The molecular formula is C67H107NO13. The van der Waals surface area contributed by atoms with Crippen molar-refractivity contribution in [2.24, 2.45) is 0 Å². The second kappa shape index (κ2) is 50.4. The van der Waals surface area contributed by atoms with Gasteiger partial charge in [-0.15, -0.1) is 0 Å². The van der Waals surface area contributed by atoms with E-state index < -0.39 is 86.8 Å². The highest BCUT2D eigenvalue weighted by Crippen LogP contribution is 2.30. The van der Waals surface area contributed by atoms with E-state index in [0.717, 1.165) is 116 Å². The van der Waals surface area contributed by atoms with Crippen LogP contribution in [0.1, 0.15) is 174 Å². The first-order valence-corrected chi connectivity index (χ1v) is 30.6. The third kappa shape index (κ3) is 35.6. The van der Waals surface area contributed by atoms with Crippen LogP contribution in [0.2, 0.25) is 0 Å². The highest BCUT2D eigenvalue weighted by atomic mass is 16.7. The number of amides is 1. The van der Waals surface area contributed by atoms with Crippen LogP contribution in [0.25, 0.3) is 0 Å². The van der Waals surface area contributed by atoms with Crippen molar-refractivity contribution in [2.45, 2.75) is 248 Å². The summed E-state index contributed by atoms with van der Waals surface area (Å²) in [6.07, 6.45) is 58.9. The minimum Gasteiger partial charge on any atom is -0.394 e. The van der Waals surface area contributed by atoms with Gasteiger partial charge in [0, 0.05) is 6.42 Å². The first-order valence-electron chi connectivity index (χ1n) is 30.6. The zero-order valence-corrected chi connectivity index (χ0v) is 49.2. The van der Waals surface area contributed by atoms with Crippen LogP contribution in [0.3, 0.4) is 0 Å². The number of aliphatic hydroxyl groups excluding tert-OH is 8. The van der Waals surface area contributed by atoms with Crippen LogP contribution in [0.5, 0.6) is 0 Å². The van der Waals surface area contributed by atoms with Crippen molar-refractivity contribution in [3.63, 3.8) is 0 Å². The van der Waals surface area contributed by atoms with E-state index in [1.807, 2.05) is 0 Å². The molecule has 14 nitrogen and oxygen atoms in total. The van der Waals surface area contributed by atoms with E-state index in [4.69, 9.17) is 18.9 Å². The smallest absolute Gasteiger partial charge is 0.220 e. The molecule has 9 N–H and O–H groups in total. The first kappa shape index (κ1) is 73.0. The molecule has 0 aromatic rings. The lowest BCUT2D eigenvalue weighted by Crippen LogP contribution is -2.65. The van der Waals surface area contributed by atoms with Gasteiger partial charge in [-0.1, -0.05) is 211 Å². The van der Waals surface area contributed by atoms with Crippen molar-refractivity contribution in [1.82, 2.24) is 5.32 Å². The van der Waals surface area contributed by atoms with Gasteiger partial charge in [0.2, 0.25) is 5.91 Å². The van der Waals surface area contributed by atoms with Gasteiger partial charge in [-0.3, -0.25) is 4.79 Å². The molecule has 2 saturated heterocycles. The van der Waals surface area contributed by atoms with Gasteiger partial charge >= 0.3 is 0 Å². The number of carbonyl (C=O) groups is 1. The lowest BCUT2D eigenvalue weighted by Gasteiger charge is -2.46.